The molecule has 1 rings (SSSR count). The molecule has 1 aromatic heterocycles. The van der Waals surface area contributed by atoms with Gasteiger partial charge in [0.15, 0.2) is 4.34 Å². The number of aryl methyl sites for hydroxylation is 1. The van der Waals surface area contributed by atoms with Crippen molar-refractivity contribution in [3.05, 3.63) is 16.7 Å². The lowest BCUT2D eigenvalue weighted by Crippen LogP contribution is -1.96. The first-order valence-electron chi connectivity index (χ1n) is 3.92. The molecule has 0 saturated heterocycles. The topological polar surface area (TPSA) is 63.1 Å². The number of aromatic nitrogens is 2. The summed E-state index contributed by atoms with van der Waals surface area (Å²) in [6, 6.07) is 0. The van der Waals surface area contributed by atoms with Crippen molar-refractivity contribution < 1.29 is 9.90 Å². The summed E-state index contributed by atoms with van der Waals surface area (Å²) in [4.78, 5) is 10.4. The van der Waals surface area contributed by atoms with E-state index in [1.54, 1.807) is 13.0 Å². The van der Waals surface area contributed by atoms with Gasteiger partial charge in [-0.05, 0) is 13.8 Å². The molecule has 0 bridgehead atoms. The van der Waals surface area contributed by atoms with Crippen molar-refractivity contribution in [1.82, 2.24) is 10.2 Å². The van der Waals surface area contributed by atoms with Gasteiger partial charge >= 0.3 is 5.97 Å². The van der Waals surface area contributed by atoms with E-state index < -0.39 is 5.97 Å². The number of thioether (sulfide) groups is 1. The molecule has 0 aliphatic carbocycles. The van der Waals surface area contributed by atoms with E-state index in [0.29, 0.717) is 11.3 Å². The highest BCUT2D eigenvalue weighted by atomic mass is 32.2. The molecule has 4 nitrogen and oxygen atoms in total. The summed E-state index contributed by atoms with van der Waals surface area (Å²) in [6.07, 6.45) is 1.67. The van der Waals surface area contributed by atoms with Gasteiger partial charge in [-0.25, -0.2) is 4.79 Å². The molecule has 76 valence electrons. The van der Waals surface area contributed by atoms with E-state index >= 15 is 0 Å². The number of carbonyl (C=O) groups is 1. The van der Waals surface area contributed by atoms with E-state index in [9.17, 15) is 4.79 Å². The Morgan fingerprint density at radius 2 is 2.36 bits per heavy atom. The van der Waals surface area contributed by atoms with Gasteiger partial charge < -0.3 is 5.11 Å². The van der Waals surface area contributed by atoms with Crippen LogP contribution in [0, 0.1) is 6.92 Å². The first-order valence-corrected chi connectivity index (χ1v) is 5.73. The van der Waals surface area contributed by atoms with Crippen molar-refractivity contribution in [3.8, 4) is 0 Å². The number of aliphatic carboxylic acids is 1. The molecule has 1 N–H and O–H groups in total. The third-order valence-corrected chi connectivity index (χ3v) is 3.34. The molecule has 6 heteroatoms. The van der Waals surface area contributed by atoms with Gasteiger partial charge in [-0.1, -0.05) is 29.2 Å². The van der Waals surface area contributed by atoms with E-state index in [4.69, 9.17) is 5.11 Å². The van der Waals surface area contributed by atoms with Crippen molar-refractivity contribution in [2.45, 2.75) is 18.2 Å². The monoisotopic (exact) mass is 230 g/mol. The fraction of sp³-hybridized carbons (Fsp3) is 0.375. The molecule has 0 aliphatic heterocycles. The molecular formula is C8H10N2O2S2. The molecule has 1 heterocycles. The third-order valence-electron chi connectivity index (χ3n) is 1.44. The zero-order valence-electron chi connectivity index (χ0n) is 7.85. The average molecular weight is 230 g/mol. The fourth-order valence-electron chi connectivity index (χ4n) is 0.662. The minimum absolute atomic E-state index is 0.360. The molecular weight excluding hydrogens is 220 g/mol. The minimum atomic E-state index is -0.876. The SMILES string of the molecule is CC(=CCSc1nnc(C)s1)C(=O)O. The Bertz CT molecular complexity index is 360. The maximum Gasteiger partial charge on any atom is 0.330 e. The van der Waals surface area contributed by atoms with Crippen molar-refractivity contribution in [2.75, 3.05) is 5.75 Å². The maximum atomic E-state index is 10.4. The van der Waals surface area contributed by atoms with E-state index in [0.717, 1.165) is 9.35 Å². The highest BCUT2D eigenvalue weighted by molar-refractivity contribution is 8.01. The molecule has 0 atom stereocenters. The quantitative estimate of drug-likeness (QED) is 0.633. The van der Waals surface area contributed by atoms with Crippen LogP contribution >= 0.6 is 23.1 Å². The molecule has 0 spiro atoms. The number of rotatable bonds is 4. The highest BCUT2D eigenvalue weighted by Gasteiger charge is 2.01. The first-order chi connectivity index (χ1) is 6.59. The summed E-state index contributed by atoms with van der Waals surface area (Å²) < 4.78 is 0.872. The summed E-state index contributed by atoms with van der Waals surface area (Å²) in [5.74, 6) is -0.258. The van der Waals surface area contributed by atoms with Crippen molar-refractivity contribution in [2.24, 2.45) is 0 Å². The van der Waals surface area contributed by atoms with Crippen LogP contribution in [0.15, 0.2) is 16.0 Å². The van der Waals surface area contributed by atoms with Crippen molar-refractivity contribution >= 4 is 29.1 Å². The van der Waals surface area contributed by atoms with Crippen LogP contribution < -0.4 is 0 Å². The van der Waals surface area contributed by atoms with Gasteiger partial charge in [0.05, 0.1) is 0 Å². The van der Waals surface area contributed by atoms with Crippen LogP contribution in [-0.2, 0) is 4.79 Å². The molecule has 1 aromatic rings. The van der Waals surface area contributed by atoms with Gasteiger partial charge in [0.2, 0.25) is 0 Å². The Kier molecular flexibility index (Phi) is 4.09. The lowest BCUT2D eigenvalue weighted by molar-refractivity contribution is -0.132. The van der Waals surface area contributed by atoms with Crippen molar-refractivity contribution in [3.63, 3.8) is 0 Å². The van der Waals surface area contributed by atoms with Gasteiger partial charge in [-0.2, -0.15) is 0 Å². The molecule has 0 fully saturated rings. The van der Waals surface area contributed by atoms with Crippen LogP contribution in [0.2, 0.25) is 0 Å². The Morgan fingerprint density at radius 3 is 2.86 bits per heavy atom. The largest absolute Gasteiger partial charge is 0.478 e. The van der Waals surface area contributed by atoms with Gasteiger partial charge in [-0.3, -0.25) is 0 Å². The Hall–Kier alpha value is -0.880. The molecule has 14 heavy (non-hydrogen) atoms. The molecule has 0 aliphatic rings. The third kappa shape index (κ3) is 3.47. The summed E-state index contributed by atoms with van der Waals surface area (Å²) in [5, 5.41) is 17.3. The predicted molar refractivity (Wildman–Crippen MR) is 56.8 cm³/mol. The first kappa shape index (κ1) is 11.2. The van der Waals surface area contributed by atoms with Crippen LogP contribution in [0.1, 0.15) is 11.9 Å². The van der Waals surface area contributed by atoms with E-state index in [-0.39, 0.29) is 0 Å². The van der Waals surface area contributed by atoms with Gasteiger partial charge in [0, 0.05) is 11.3 Å². The lowest BCUT2D eigenvalue weighted by atomic mass is 10.3. The molecule has 0 radical (unpaired) electrons. The normalized spacial score (nSPS) is 11.7. The zero-order chi connectivity index (χ0) is 10.6. The van der Waals surface area contributed by atoms with E-state index in [1.165, 1.54) is 23.1 Å². The second-order valence-electron chi connectivity index (χ2n) is 2.59. The Balaban J connectivity index is 2.42. The number of hydrogen-bond donors (Lipinski definition) is 1. The summed E-state index contributed by atoms with van der Waals surface area (Å²) in [7, 11) is 0. The summed E-state index contributed by atoms with van der Waals surface area (Å²) in [6.45, 7) is 3.47. The predicted octanol–water partition coefficient (Wildman–Crippen LogP) is 1.97. The van der Waals surface area contributed by atoms with Crippen LogP contribution in [0.25, 0.3) is 0 Å². The molecule has 0 amide bonds. The molecule has 0 unspecified atom stereocenters. The van der Waals surface area contributed by atoms with Gasteiger partial charge in [0.25, 0.3) is 0 Å². The molecule has 0 aromatic carbocycles. The summed E-state index contributed by atoms with van der Waals surface area (Å²) >= 11 is 3.00. The van der Waals surface area contributed by atoms with Crippen LogP contribution in [0.5, 0.6) is 0 Å². The Morgan fingerprint density at radius 1 is 1.64 bits per heavy atom. The van der Waals surface area contributed by atoms with Crippen LogP contribution in [0.3, 0.4) is 0 Å². The van der Waals surface area contributed by atoms with Crippen molar-refractivity contribution in [1.29, 1.82) is 0 Å². The number of nitrogens with zero attached hydrogens (tertiary/aromatic N) is 2. The highest BCUT2D eigenvalue weighted by Crippen LogP contribution is 2.21. The average Bonchev–Trinajstić information content (AvgIpc) is 2.51. The second kappa shape index (κ2) is 5.11. The van der Waals surface area contributed by atoms with Crippen LogP contribution in [0.4, 0.5) is 0 Å². The molecule has 0 saturated carbocycles. The maximum absolute atomic E-state index is 10.4. The number of carboxylic acid groups (broad SMARTS) is 1. The minimum Gasteiger partial charge on any atom is -0.478 e. The number of carboxylic acids is 1. The van der Waals surface area contributed by atoms with E-state index in [2.05, 4.69) is 10.2 Å². The Labute approximate surface area is 90.1 Å². The number of hydrogen-bond acceptors (Lipinski definition) is 5. The van der Waals surface area contributed by atoms with E-state index in [1.807, 2.05) is 6.92 Å². The zero-order valence-corrected chi connectivity index (χ0v) is 9.48. The van der Waals surface area contributed by atoms with Crippen LogP contribution in [-0.4, -0.2) is 27.0 Å². The smallest absolute Gasteiger partial charge is 0.330 e. The van der Waals surface area contributed by atoms with Gasteiger partial charge in [-0.15, -0.1) is 10.2 Å². The second-order valence-corrected chi connectivity index (χ2v) is 5.04. The summed E-state index contributed by atoms with van der Waals surface area (Å²) in [5.41, 5.74) is 0.360. The standard InChI is InChI=1S/C8H10N2O2S2/c1-5(7(11)12)3-4-13-8-10-9-6(2)14-8/h3H,4H2,1-2H3,(H,11,12). The lowest BCUT2D eigenvalue weighted by Gasteiger charge is -1.92. The van der Waals surface area contributed by atoms with Gasteiger partial charge in [0.1, 0.15) is 5.01 Å². The fourth-order valence-corrected chi connectivity index (χ4v) is 2.45.